The van der Waals surface area contributed by atoms with Gasteiger partial charge in [-0.05, 0) is 51.8 Å². The van der Waals surface area contributed by atoms with E-state index in [1.165, 1.54) is 0 Å². The third-order valence-electron chi connectivity index (χ3n) is 4.04. The highest BCUT2D eigenvalue weighted by Gasteiger charge is 2.24. The fourth-order valence-electron chi connectivity index (χ4n) is 2.45. The van der Waals surface area contributed by atoms with Gasteiger partial charge in [-0.1, -0.05) is 32.0 Å². The molecule has 0 saturated carbocycles. The number of rotatable bonds is 7. The molecule has 0 spiro atoms. The molecule has 2 N–H and O–H groups in total. The van der Waals surface area contributed by atoms with Gasteiger partial charge >= 0.3 is 0 Å². The predicted molar refractivity (Wildman–Crippen MR) is 92.2 cm³/mol. The molecule has 1 amide bonds. The molecule has 0 aromatic heterocycles. The number of para-hydroxylation sites is 1. The van der Waals surface area contributed by atoms with Crippen molar-refractivity contribution in [2.75, 3.05) is 18.9 Å². The number of anilines is 1. The zero-order valence-corrected chi connectivity index (χ0v) is 14.7. The van der Waals surface area contributed by atoms with Crippen LogP contribution < -0.4 is 5.32 Å². The molecule has 4 nitrogen and oxygen atoms in total. The predicted octanol–water partition coefficient (Wildman–Crippen LogP) is 3.23. The molecule has 0 heterocycles. The molecule has 0 fully saturated rings. The molecule has 0 saturated heterocycles. The third kappa shape index (κ3) is 5.43. The van der Waals surface area contributed by atoms with Crippen molar-refractivity contribution in [1.82, 2.24) is 4.90 Å². The van der Waals surface area contributed by atoms with Gasteiger partial charge in [0.1, 0.15) is 0 Å². The summed E-state index contributed by atoms with van der Waals surface area (Å²) in [5.74, 6) is 0.350. The number of carbonyl (C=O) groups is 1. The Kier molecular flexibility index (Phi) is 6.57. The lowest BCUT2D eigenvalue weighted by atomic mass is 9.97. The zero-order chi connectivity index (χ0) is 16.9. The Morgan fingerprint density at radius 3 is 2.45 bits per heavy atom. The lowest BCUT2D eigenvalue weighted by Crippen LogP contribution is -2.46. The van der Waals surface area contributed by atoms with Crippen LogP contribution in [0.3, 0.4) is 0 Å². The fourth-order valence-corrected chi connectivity index (χ4v) is 2.45. The van der Waals surface area contributed by atoms with Crippen LogP contribution >= 0.6 is 0 Å². The van der Waals surface area contributed by atoms with Crippen molar-refractivity contribution >= 4 is 11.6 Å². The second-order valence-corrected chi connectivity index (χ2v) is 6.79. The van der Waals surface area contributed by atoms with Crippen LogP contribution in [0, 0.1) is 0 Å². The maximum absolute atomic E-state index is 12.5. The van der Waals surface area contributed by atoms with Gasteiger partial charge in [0.05, 0.1) is 11.6 Å². The average Bonchev–Trinajstić information content (AvgIpc) is 2.44. The number of likely N-dealkylation sites (N-methyl/N-ethyl adjacent to an activating group) is 1. The van der Waals surface area contributed by atoms with E-state index in [-0.39, 0.29) is 11.9 Å². The minimum atomic E-state index is -0.822. The minimum absolute atomic E-state index is 0.0532. The fraction of sp³-hybridized carbons (Fsp3) is 0.611. The van der Waals surface area contributed by atoms with E-state index in [9.17, 15) is 9.90 Å². The molecule has 0 aliphatic carbocycles. The Morgan fingerprint density at radius 2 is 1.91 bits per heavy atom. The van der Waals surface area contributed by atoms with Crippen molar-refractivity contribution < 1.29 is 9.90 Å². The molecule has 2 atom stereocenters. The molecule has 0 aliphatic heterocycles. The van der Waals surface area contributed by atoms with Gasteiger partial charge in [0, 0.05) is 12.2 Å². The normalized spacial score (nSPS) is 14.7. The van der Waals surface area contributed by atoms with Gasteiger partial charge < -0.3 is 10.4 Å². The number of nitrogens with one attached hydrogen (secondary N) is 1. The molecule has 0 radical (unpaired) electrons. The van der Waals surface area contributed by atoms with Gasteiger partial charge in [-0.15, -0.1) is 0 Å². The van der Waals surface area contributed by atoms with Crippen LogP contribution in [-0.4, -0.2) is 41.1 Å². The van der Waals surface area contributed by atoms with Crippen molar-refractivity contribution in [3.8, 4) is 0 Å². The monoisotopic (exact) mass is 306 g/mol. The number of hydrogen-bond acceptors (Lipinski definition) is 3. The van der Waals surface area contributed by atoms with Gasteiger partial charge in [-0.3, -0.25) is 9.69 Å². The summed E-state index contributed by atoms with van der Waals surface area (Å²) in [6.45, 7) is 10.1. The summed E-state index contributed by atoms with van der Waals surface area (Å²) < 4.78 is 0. The first kappa shape index (κ1) is 18.7. The SMILES string of the molecule is CCC(C)c1ccccc1NC(=O)C(C)N(C)CC(C)(C)O. The van der Waals surface area contributed by atoms with Crippen LogP contribution in [0.15, 0.2) is 24.3 Å². The van der Waals surface area contributed by atoms with Crippen molar-refractivity contribution in [3.05, 3.63) is 29.8 Å². The summed E-state index contributed by atoms with van der Waals surface area (Å²) in [5.41, 5.74) is 1.22. The average molecular weight is 306 g/mol. The van der Waals surface area contributed by atoms with Crippen LogP contribution in [0.5, 0.6) is 0 Å². The minimum Gasteiger partial charge on any atom is -0.389 e. The Bertz CT molecular complexity index is 494. The number of nitrogens with zero attached hydrogens (tertiary/aromatic N) is 1. The number of hydrogen-bond donors (Lipinski definition) is 2. The molecule has 1 rings (SSSR count). The van der Waals surface area contributed by atoms with Crippen molar-refractivity contribution in [2.24, 2.45) is 0 Å². The molecule has 124 valence electrons. The van der Waals surface area contributed by atoms with E-state index in [2.05, 4.69) is 25.2 Å². The van der Waals surface area contributed by atoms with Crippen molar-refractivity contribution in [3.63, 3.8) is 0 Å². The lowest BCUT2D eigenvalue weighted by molar-refractivity contribution is -0.121. The summed E-state index contributed by atoms with van der Waals surface area (Å²) in [6.07, 6.45) is 1.03. The van der Waals surface area contributed by atoms with Gasteiger partial charge in [0.2, 0.25) is 5.91 Å². The first-order valence-corrected chi connectivity index (χ1v) is 7.98. The highest BCUT2D eigenvalue weighted by atomic mass is 16.3. The maximum Gasteiger partial charge on any atom is 0.241 e. The standard InChI is InChI=1S/C18H30N2O2/c1-7-13(2)15-10-8-9-11-16(15)19-17(21)14(3)20(6)12-18(4,5)22/h8-11,13-14,22H,7,12H2,1-6H3,(H,19,21). The second kappa shape index (κ2) is 7.75. The van der Waals surface area contributed by atoms with E-state index in [1.807, 2.05) is 37.1 Å². The summed E-state index contributed by atoms with van der Waals surface area (Å²) in [5, 5.41) is 12.9. The molecular formula is C18H30N2O2. The van der Waals surface area contributed by atoms with Crippen LogP contribution in [0.2, 0.25) is 0 Å². The summed E-state index contributed by atoms with van der Waals surface area (Å²) >= 11 is 0. The number of benzene rings is 1. The Morgan fingerprint density at radius 1 is 1.32 bits per heavy atom. The first-order chi connectivity index (χ1) is 10.2. The Hall–Kier alpha value is -1.39. The summed E-state index contributed by atoms with van der Waals surface area (Å²) in [7, 11) is 1.85. The quantitative estimate of drug-likeness (QED) is 0.813. The van der Waals surface area contributed by atoms with E-state index in [1.54, 1.807) is 13.8 Å². The van der Waals surface area contributed by atoms with Crippen molar-refractivity contribution in [2.45, 2.75) is 58.6 Å². The molecule has 0 bridgehead atoms. The van der Waals surface area contributed by atoms with E-state index < -0.39 is 5.60 Å². The highest BCUT2D eigenvalue weighted by molar-refractivity contribution is 5.95. The van der Waals surface area contributed by atoms with Crippen LogP contribution in [0.1, 0.15) is 52.5 Å². The summed E-state index contributed by atoms with van der Waals surface area (Å²) in [4.78, 5) is 14.3. The second-order valence-electron chi connectivity index (χ2n) is 6.79. The highest BCUT2D eigenvalue weighted by Crippen LogP contribution is 2.26. The number of aliphatic hydroxyl groups is 1. The topological polar surface area (TPSA) is 52.6 Å². The Labute approximate surface area is 134 Å². The zero-order valence-electron chi connectivity index (χ0n) is 14.7. The summed E-state index contributed by atoms with van der Waals surface area (Å²) in [6, 6.07) is 7.64. The largest absolute Gasteiger partial charge is 0.389 e. The molecular weight excluding hydrogens is 276 g/mol. The lowest BCUT2D eigenvalue weighted by Gasteiger charge is -2.30. The van der Waals surface area contributed by atoms with Crippen LogP contribution in [0.25, 0.3) is 0 Å². The van der Waals surface area contributed by atoms with E-state index >= 15 is 0 Å². The van der Waals surface area contributed by atoms with Crippen LogP contribution in [-0.2, 0) is 4.79 Å². The molecule has 1 aromatic rings. The van der Waals surface area contributed by atoms with Gasteiger partial charge in [-0.2, -0.15) is 0 Å². The molecule has 2 unspecified atom stereocenters. The molecule has 0 aliphatic rings. The van der Waals surface area contributed by atoms with Crippen molar-refractivity contribution in [1.29, 1.82) is 0 Å². The first-order valence-electron chi connectivity index (χ1n) is 7.98. The van der Waals surface area contributed by atoms with Crippen LogP contribution in [0.4, 0.5) is 5.69 Å². The maximum atomic E-state index is 12.5. The number of amides is 1. The molecule has 1 aromatic carbocycles. The van der Waals surface area contributed by atoms with E-state index in [0.717, 1.165) is 17.7 Å². The van der Waals surface area contributed by atoms with Gasteiger partial charge in [0.25, 0.3) is 0 Å². The Balaban J connectivity index is 2.80. The molecule has 22 heavy (non-hydrogen) atoms. The van der Waals surface area contributed by atoms with E-state index in [0.29, 0.717) is 12.5 Å². The van der Waals surface area contributed by atoms with E-state index in [4.69, 9.17) is 0 Å². The number of carbonyl (C=O) groups excluding carboxylic acids is 1. The third-order valence-corrected chi connectivity index (χ3v) is 4.04. The molecule has 4 heteroatoms. The smallest absolute Gasteiger partial charge is 0.241 e. The van der Waals surface area contributed by atoms with Gasteiger partial charge in [0.15, 0.2) is 0 Å². The van der Waals surface area contributed by atoms with Gasteiger partial charge in [-0.25, -0.2) is 0 Å².